The van der Waals surface area contributed by atoms with Crippen LogP contribution in [0.5, 0.6) is 0 Å². The zero-order valence-electron chi connectivity index (χ0n) is 15.5. The highest BCUT2D eigenvalue weighted by Gasteiger charge is 2.20. The summed E-state index contributed by atoms with van der Waals surface area (Å²) in [5.74, 6) is 0.953. The van der Waals surface area contributed by atoms with E-state index >= 15 is 0 Å². The van der Waals surface area contributed by atoms with Crippen LogP contribution in [0.15, 0.2) is 30.3 Å². The lowest BCUT2D eigenvalue weighted by Crippen LogP contribution is -2.26. The molecule has 27 heavy (non-hydrogen) atoms. The second-order valence-electron chi connectivity index (χ2n) is 7.11. The fourth-order valence-electron chi connectivity index (χ4n) is 3.70. The van der Waals surface area contributed by atoms with Gasteiger partial charge in [-0.05, 0) is 49.9 Å². The molecule has 0 radical (unpaired) electrons. The second kappa shape index (κ2) is 7.69. The Morgan fingerprint density at radius 1 is 1.22 bits per heavy atom. The van der Waals surface area contributed by atoms with Crippen molar-refractivity contribution in [3.05, 3.63) is 58.0 Å². The topological polar surface area (TPSA) is 59.8 Å². The van der Waals surface area contributed by atoms with E-state index in [1.165, 1.54) is 6.42 Å². The molecular formula is C21H23ClN4O. The molecule has 1 N–H and O–H groups in total. The Labute approximate surface area is 163 Å². The molecular weight excluding hydrogens is 360 g/mol. The maximum Gasteiger partial charge on any atom is 0.253 e. The normalized spacial score (nSPS) is 14.0. The summed E-state index contributed by atoms with van der Waals surface area (Å²) in [4.78, 5) is 22.3. The van der Waals surface area contributed by atoms with Crippen LogP contribution in [0.2, 0.25) is 5.02 Å². The molecule has 5 nitrogen and oxygen atoms in total. The summed E-state index contributed by atoms with van der Waals surface area (Å²) in [6.45, 7) is 3.41. The third-order valence-electron chi connectivity index (χ3n) is 5.03. The van der Waals surface area contributed by atoms with E-state index in [9.17, 15) is 4.79 Å². The van der Waals surface area contributed by atoms with E-state index in [1.807, 2.05) is 37.3 Å². The van der Waals surface area contributed by atoms with Gasteiger partial charge in [-0.1, -0.05) is 30.2 Å². The van der Waals surface area contributed by atoms with Gasteiger partial charge in [0.05, 0.1) is 5.56 Å². The third kappa shape index (κ3) is 3.83. The zero-order chi connectivity index (χ0) is 18.8. The number of hydrogen-bond acceptors (Lipinski definition) is 3. The Morgan fingerprint density at radius 2 is 2.11 bits per heavy atom. The van der Waals surface area contributed by atoms with Crippen LogP contribution in [-0.2, 0) is 19.4 Å². The molecule has 4 rings (SSSR count). The molecule has 1 amide bonds. The van der Waals surface area contributed by atoms with E-state index in [0.717, 1.165) is 60.5 Å². The average Bonchev–Trinajstić information content (AvgIpc) is 2.83. The van der Waals surface area contributed by atoms with Crippen LogP contribution in [0.4, 0.5) is 0 Å². The number of carbonyl (C=O) groups is 1. The molecule has 0 bridgehead atoms. The van der Waals surface area contributed by atoms with Gasteiger partial charge < -0.3 is 9.88 Å². The molecule has 0 spiro atoms. The first-order valence-electron chi connectivity index (χ1n) is 9.51. The number of aryl methyl sites for hydroxylation is 3. The van der Waals surface area contributed by atoms with Crippen molar-refractivity contribution in [2.24, 2.45) is 0 Å². The number of nitrogens with zero attached hydrogens (tertiary/aromatic N) is 3. The number of halogens is 1. The summed E-state index contributed by atoms with van der Waals surface area (Å²) in [7, 11) is 0. The standard InChI is InChI=1S/C21H23ClN4O/c1-14-12-17(21(27)23-10-9-15-6-5-7-16(22)13-15)19-20(24-14)26-11-4-2-3-8-18(26)25-19/h5-7,12-13H,2-4,8-11H2,1H3,(H,23,27). The molecule has 3 heterocycles. The Hall–Kier alpha value is -2.40. The minimum Gasteiger partial charge on any atom is -0.352 e. The zero-order valence-corrected chi connectivity index (χ0v) is 16.2. The third-order valence-corrected chi connectivity index (χ3v) is 5.26. The molecule has 0 saturated carbocycles. The van der Waals surface area contributed by atoms with Crippen LogP contribution in [0.25, 0.3) is 11.2 Å². The Morgan fingerprint density at radius 3 is 2.96 bits per heavy atom. The predicted octanol–water partition coefficient (Wildman–Crippen LogP) is 4.09. The molecule has 0 saturated heterocycles. The van der Waals surface area contributed by atoms with Crippen molar-refractivity contribution in [1.29, 1.82) is 0 Å². The van der Waals surface area contributed by atoms with E-state index in [4.69, 9.17) is 16.6 Å². The Kier molecular flexibility index (Phi) is 5.12. The molecule has 0 atom stereocenters. The van der Waals surface area contributed by atoms with Gasteiger partial charge in [0.25, 0.3) is 5.91 Å². The van der Waals surface area contributed by atoms with E-state index in [-0.39, 0.29) is 5.91 Å². The molecule has 1 aliphatic heterocycles. The molecule has 1 aliphatic rings. The summed E-state index contributed by atoms with van der Waals surface area (Å²) in [6.07, 6.45) is 5.18. The van der Waals surface area contributed by atoms with Crippen molar-refractivity contribution >= 4 is 28.7 Å². The number of benzene rings is 1. The van der Waals surface area contributed by atoms with Crippen molar-refractivity contribution in [3.63, 3.8) is 0 Å². The minimum atomic E-state index is -0.0965. The number of aromatic nitrogens is 3. The van der Waals surface area contributed by atoms with Crippen molar-refractivity contribution in [1.82, 2.24) is 19.9 Å². The van der Waals surface area contributed by atoms with Crippen LogP contribution >= 0.6 is 11.6 Å². The number of nitrogens with one attached hydrogen (secondary N) is 1. The SMILES string of the molecule is Cc1cc(C(=O)NCCc2cccc(Cl)c2)c2nc3n(c2n1)CCCCC3. The first-order chi connectivity index (χ1) is 13.1. The molecule has 0 fully saturated rings. The van der Waals surface area contributed by atoms with Gasteiger partial charge in [-0.2, -0.15) is 0 Å². The highest BCUT2D eigenvalue weighted by Crippen LogP contribution is 2.24. The smallest absolute Gasteiger partial charge is 0.253 e. The fraction of sp³-hybridized carbons (Fsp3) is 0.381. The maximum atomic E-state index is 12.8. The van der Waals surface area contributed by atoms with Crippen LogP contribution in [0, 0.1) is 6.92 Å². The fourth-order valence-corrected chi connectivity index (χ4v) is 3.91. The number of imidazole rings is 1. The van der Waals surface area contributed by atoms with Crippen molar-refractivity contribution in [2.45, 2.75) is 45.6 Å². The highest BCUT2D eigenvalue weighted by atomic mass is 35.5. The summed E-state index contributed by atoms with van der Waals surface area (Å²) >= 11 is 6.02. The van der Waals surface area contributed by atoms with Gasteiger partial charge in [0.1, 0.15) is 11.3 Å². The molecule has 0 aliphatic carbocycles. The Bertz CT molecular complexity index is 995. The van der Waals surface area contributed by atoms with Gasteiger partial charge in [-0.15, -0.1) is 0 Å². The molecule has 6 heteroatoms. The minimum absolute atomic E-state index is 0.0965. The highest BCUT2D eigenvalue weighted by molar-refractivity contribution is 6.30. The first-order valence-corrected chi connectivity index (χ1v) is 9.89. The number of carbonyl (C=O) groups excluding carboxylic acids is 1. The van der Waals surface area contributed by atoms with Gasteiger partial charge in [-0.25, -0.2) is 9.97 Å². The van der Waals surface area contributed by atoms with Crippen molar-refractivity contribution in [2.75, 3.05) is 6.54 Å². The average molecular weight is 383 g/mol. The second-order valence-corrected chi connectivity index (χ2v) is 7.55. The maximum absolute atomic E-state index is 12.8. The molecule has 1 aromatic carbocycles. The molecule has 140 valence electrons. The van der Waals surface area contributed by atoms with Crippen LogP contribution in [0.1, 0.15) is 46.7 Å². The lowest BCUT2D eigenvalue weighted by Gasteiger charge is -2.08. The Balaban J connectivity index is 1.56. The number of rotatable bonds is 4. The number of fused-ring (bicyclic) bond motifs is 3. The van der Waals surface area contributed by atoms with Gasteiger partial charge in [0.2, 0.25) is 0 Å². The molecule has 0 unspecified atom stereocenters. The number of pyridine rings is 1. The van der Waals surface area contributed by atoms with Crippen molar-refractivity contribution < 1.29 is 4.79 Å². The lowest BCUT2D eigenvalue weighted by molar-refractivity contribution is 0.0955. The molecule has 3 aromatic rings. The monoisotopic (exact) mass is 382 g/mol. The quantitative estimate of drug-likeness (QED) is 0.739. The summed E-state index contributed by atoms with van der Waals surface area (Å²) in [5, 5.41) is 3.73. The largest absolute Gasteiger partial charge is 0.352 e. The van der Waals surface area contributed by atoms with E-state index in [0.29, 0.717) is 17.1 Å². The molecule has 2 aromatic heterocycles. The van der Waals surface area contributed by atoms with E-state index in [1.54, 1.807) is 0 Å². The van der Waals surface area contributed by atoms with E-state index in [2.05, 4.69) is 14.9 Å². The summed E-state index contributed by atoms with van der Waals surface area (Å²) < 4.78 is 2.19. The van der Waals surface area contributed by atoms with Gasteiger partial charge >= 0.3 is 0 Å². The van der Waals surface area contributed by atoms with Gasteiger partial charge in [0.15, 0.2) is 5.65 Å². The summed E-state index contributed by atoms with van der Waals surface area (Å²) in [6, 6.07) is 9.55. The van der Waals surface area contributed by atoms with Crippen LogP contribution in [-0.4, -0.2) is 27.0 Å². The predicted molar refractivity (Wildman–Crippen MR) is 107 cm³/mol. The van der Waals surface area contributed by atoms with Crippen molar-refractivity contribution in [3.8, 4) is 0 Å². The first kappa shape index (κ1) is 18.0. The number of amides is 1. The van der Waals surface area contributed by atoms with Crippen LogP contribution in [0.3, 0.4) is 0 Å². The van der Waals surface area contributed by atoms with Gasteiger partial charge in [-0.3, -0.25) is 4.79 Å². The van der Waals surface area contributed by atoms with E-state index < -0.39 is 0 Å². The van der Waals surface area contributed by atoms with Gasteiger partial charge in [0, 0.05) is 30.2 Å². The summed E-state index contributed by atoms with van der Waals surface area (Å²) in [5.41, 5.74) is 4.12. The number of hydrogen-bond donors (Lipinski definition) is 1. The van der Waals surface area contributed by atoms with Crippen LogP contribution < -0.4 is 5.32 Å². The lowest BCUT2D eigenvalue weighted by atomic mass is 10.1.